The number of amidine groups is 1. The summed E-state index contributed by atoms with van der Waals surface area (Å²) >= 11 is 0. The van der Waals surface area contributed by atoms with Gasteiger partial charge in [0.1, 0.15) is 4.90 Å². The largest absolute Gasteiger partial charge is 0.452 e. The maximum absolute atomic E-state index is 12.2. The SMILES string of the molecule is C[C@H](OC(=O)[C@H]1CCCN(C2=NS(=O)(=O)c3ccccc32)C1)C(N)=O. The minimum atomic E-state index is -3.70. The van der Waals surface area contributed by atoms with Gasteiger partial charge in [0, 0.05) is 18.7 Å². The zero-order chi connectivity index (χ0) is 18.2. The standard InChI is InChI=1S/C16H19N3O5S/c1-10(14(17)20)24-16(21)11-5-4-8-19(9-11)15-12-6-2-3-7-13(12)25(22,23)18-15/h2-3,6-7,10-11H,4-5,8-9H2,1H3,(H2,17,20)/t10-,11-/m0/s1. The van der Waals surface area contributed by atoms with Gasteiger partial charge in [-0.15, -0.1) is 4.40 Å². The van der Waals surface area contributed by atoms with E-state index in [-0.39, 0.29) is 11.4 Å². The van der Waals surface area contributed by atoms with E-state index in [2.05, 4.69) is 4.40 Å². The van der Waals surface area contributed by atoms with Crippen molar-refractivity contribution in [2.24, 2.45) is 16.0 Å². The zero-order valence-electron chi connectivity index (χ0n) is 13.7. The van der Waals surface area contributed by atoms with Crippen LogP contribution in [0.15, 0.2) is 33.6 Å². The summed E-state index contributed by atoms with van der Waals surface area (Å²) < 4.78 is 33.3. The monoisotopic (exact) mass is 365 g/mol. The Bertz CT molecular complexity index is 849. The summed E-state index contributed by atoms with van der Waals surface area (Å²) in [7, 11) is -3.70. The summed E-state index contributed by atoms with van der Waals surface area (Å²) in [5.41, 5.74) is 5.65. The Hall–Kier alpha value is -2.42. The number of amides is 1. The summed E-state index contributed by atoms with van der Waals surface area (Å²) in [6.45, 7) is 2.30. The molecule has 134 valence electrons. The van der Waals surface area contributed by atoms with Gasteiger partial charge in [-0.3, -0.25) is 9.59 Å². The van der Waals surface area contributed by atoms with Gasteiger partial charge < -0.3 is 15.4 Å². The van der Waals surface area contributed by atoms with Crippen molar-refractivity contribution in [1.29, 1.82) is 0 Å². The fourth-order valence-corrected chi connectivity index (χ4v) is 4.23. The molecule has 1 amide bonds. The molecule has 25 heavy (non-hydrogen) atoms. The highest BCUT2D eigenvalue weighted by molar-refractivity contribution is 7.90. The number of benzene rings is 1. The molecular formula is C16H19N3O5S. The second kappa shape index (κ2) is 6.47. The number of esters is 1. The van der Waals surface area contributed by atoms with E-state index in [4.69, 9.17) is 10.5 Å². The number of nitrogens with zero attached hydrogens (tertiary/aromatic N) is 2. The van der Waals surface area contributed by atoms with Gasteiger partial charge in [-0.2, -0.15) is 8.42 Å². The number of ether oxygens (including phenoxy) is 1. The number of primary amides is 1. The van der Waals surface area contributed by atoms with Gasteiger partial charge in [-0.05, 0) is 31.9 Å². The molecule has 9 heteroatoms. The van der Waals surface area contributed by atoms with Crippen molar-refractivity contribution in [2.75, 3.05) is 13.1 Å². The minimum Gasteiger partial charge on any atom is -0.452 e. The first-order valence-electron chi connectivity index (χ1n) is 7.98. The number of rotatable bonds is 3. The molecule has 2 atom stereocenters. The molecule has 0 spiro atoms. The van der Waals surface area contributed by atoms with E-state index in [1.807, 2.05) is 0 Å². The van der Waals surface area contributed by atoms with Gasteiger partial charge in [0.15, 0.2) is 11.9 Å². The predicted molar refractivity (Wildman–Crippen MR) is 89.2 cm³/mol. The summed E-state index contributed by atoms with van der Waals surface area (Å²) in [6.07, 6.45) is 0.293. The fraction of sp³-hybridized carbons (Fsp3) is 0.438. The van der Waals surface area contributed by atoms with Crippen LogP contribution in [0.3, 0.4) is 0 Å². The molecule has 1 fully saturated rings. The van der Waals surface area contributed by atoms with Crippen LogP contribution >= 0.6 is 0 Å². The lowest BCUT2D eigenvalue weighted by atomic mass is 9.97. The van der Waals surface area contributed by atoms with Crippen molar-refractivity contribution < 1.29 is 22.7 Å². The van der Waals surface area contributed by atoms with Crippen LogP contribution < -0.4 is 5.73 Å². The molecular weight excluding hydrogens is 346 g/mol. The molecule has 0 unspecified atom stereocenters. The smallest absolute Gasteiger partial charge is 0.311 e. The molecule has 0 aliphatic carbocycles. The molecule has 1 saturated heterocycles. The van der Waals surface area contributed by atoms with Crippen molar-refractivity contribution in [3.05, 3.63) is 29.8 Å². The molecule has 0 radical (unpaired) electrons. The molecule has 2 heterocycles. The Kier molecular flexibility index (Phi) is 4.51. The first kappa shape index (κ1) is 17.4. The third-order valence-electron chi connectivity index (χ3n) is 4.36. The Morgan fingerprint density at radius 3 is 2.80 bits per heavy atom. The van der Waals surface area contributed by atoms with E-state index >= 15 is 0 Å². The number of hydrogen-bond donors (Lipinski definition) is 1. The number of fused-ring (bicyclic) bond motifs is 1. The lowest BCUT2D eigenvalue weighted by Gasteiger charge is -2.33. The second-order valence-electron chi connectivity index (χ2n) is 6.15. The summed E-state index contributed by atoms with van der Waals surface area (Å²) in [6, 6.07) is 6.62. The summed E-state index contributed by atoms with van der Waals surface area (Å²) in [5, 5.41) is 0. The van der Waals surface area contributed by atoms with Crippen molar-refractivity contribution in [3.63, 3.8) is 0 Å². The fourth-order valence-electron chi connectivity index (χ4n) is 3.01. The molecule has 8 nitrogen and oxygen atoms in total. The third kappa shape index (κ3) is 3.37. The quantitative estimate of drug-likeness (QED) is 0.768. The Balaban J connectivity index is 1.79. The molecule has 0 aromatic heterocycles. The molecule has 2 aliphatic rings. The van der Waals surface area contributed by atoms with Crippen molar-refractivity contribution >= 4 is 27.7 Å². The molecule has 1 aromatic rings. The van der Waals surface area contributed by atoms with E-state index in [1.54, 1.807) is 23.1 Å². The topological polar surface area (TPSA) is 119 Å². The number of carbonyl (C=O) groups excluding carboxylic acids is 2. The normalized spacial score (nSPS) is 22.7. The molecule has 0 bridgehead atoms. The maximum atomic E-state index is 12.2. The third-order valence-corrected chi connectivity index (χ3v) is 5.69. The number of sulfonamides is 1. The molecule has 0 saturated carbocycles. The Morgan fingerprint density at radius 1 is 1.36 bits per heavy atom. The molecule has 2 aliphatic heterocycles. The van der Waals surface area contributed by atoms with Gasteiger partial charge in [0.25, 0.3) is 15.9 Å². The highest BCUT2D eigenvalue weighted by Gasteiger charge is 2.36. The number of carbonyl (C=O) groups is 2. The summed E-state index contributed by atoms with van der Waals surface area (Å²) in [4.78, 5) is 25.2. The van der Waals surface area contributed by atoms with Gasteiger partial charge in [0.05, 0.1) is 5.92 Å². The first-order chi connectivity index (χ1) is 11.8. The van der Waals surface area contributed by atoms with Crippen LogP contribution in [0.1, 0.15) is 25.3 Å². The number of hydrogen-bond acceptors (Lipinski definition) is 6. The zero-order valence-corrected chi connectivity index (χ0v) is 14.5. The second-order valence-corrected chi connectivity index (χ2v) is 7.73. The number of nitrogens with two attached hydrogens (primary N) is 1. The van der Waals surface area contributed by atoms with Gasteiger partial charge >= 0.3 is 5.97 Å². The van der Waals surface area contributed by atoms with E-state index in [9.17, 15) is 18.0 Å². The molecule has 3 rings (SSSR count). The average molecular weight is 365 g/mol. The summed E-state index contributed by atoms with van der Waals surface area (Å²) in [5.74, 6) is -1.32. The van der Waals surface area contributed by atoms with Crippen LogP contribution in [0.5, 0.6) is 0 Å². The van der Waals surface area contributed by atoms with Crippen LogP contribution in [0.25, 0.3) is 0 Å². The molecule has 2 N–H and O–H groups in total. The molecule has 1 aromatic carbocycles. The van der Waals surface area contributed by atoms with Crippen LogP contribution in [-0.4, -0.2) is 50.2 Å². The van der Waals surface area contributed by atoms with Crippen LogP contribution in [-0.2, 0) is 24.3 Å². The van der Waals surface area contributed by atoms with Gasteiger partial charge in [-0.25, -0.2) is 0 Å². The minimum absolute atomic E-state index is 0.178. The lowest BCUT2D eigenvalue weighted by molar-refractivity contribution is -0.159. The highest BCUT2D eigenvalue weighted by Crippen LogP contribution is 2.30. The van der Waals surface area contributed by atoms with E-state index < -0.39 is 33.9 Å². The van der Waals surface area contributed by atoms with Crippen molar-refractivity contribution in [2.45, 2.75) is 30.8 Å². The Labute approximate surface area is 145 Å². The van der Waals surface area contributed by atoms with Crippen LogP contribution in [0, 0.1) is 5.92 Å². The highest BCUT2D eigenvalue weighted by atomic mass is 32.2. The van der Waals surface area contributed by atoms with Crippen molar-refractivity contribution in [3.8, 4) is 0 Å². The van der Waals surface area contributed by atoms with E-state index in [0.29, 0.717) is 30.8 Å². The van der Waals surface area contributed by atoms with Gasteiger partial charge in [0.2, 0.25) is 0 Å². The first-order valence-corrected chi connectivity index (χ1v) is 9.43. The van der Waals surface area contributed by atoms with Crippen LogP contribution in [0.4, 0.5) is 0 Å². The van der Waals surface area contributed by atoms with E-state index in [0.717, 1.165) is 0 Å². The van der Waals surface area contributed by atoms with Crippen LogP contribution in [0.2, 0.25) is 0 Å². The van der Waals surface area contributed by atoms with Gasteiger partial charge in [-0.1, -0.05) is 12.1 Å². The number of piperidine rings is 1. The number of likely N-dealkylation sites (tertiary alicyclic amines) is 1. The van der Waals surface area contributed by atoms with E-state index in [1.165, 1.54) is 13.0 Å². The average Bonchev–Trinajstić information content (AvgIpc) is 2.87. The Morgan fingerprint density at radius 2 is 2.08 bits per heavy atom. The lowest BCUT2D eigenvalue weighted by Crippen LogP contribution is -2.44. The van der Waals surface area contributed by atoms with Crippen molar-refractivity contribution in [1.82, 2.24) is 4.90 Å². The maximum Gasteiger partial charge on any atom is 0.311 e. The predicted octanol–water partition coefficient (Wildman–Crippen LogP) is 0.265.